The summed E-state index contributed by atoms with van der Waals surface area (Å²) in [5.41, 5.74) is 2.79. The summed E-state index contributed by atoms with van der Waals surface area (Å²) in [6, 6.07) is 10.8. The number of carbonyl (C=O) groups excluding carboxylic acids is 2. The van der Waals surface area contributed by atoms with Crippen molar-refractivity contribution in [3.63, 3.8) is 0 Å². The van der Waals surface area contributed by atoms with E-state index in [2.05, 4.69) is 10.6 Å². The lowest BCUT2D eigenvalue weighted by atomic mass is 9.98. The van der Waals surface area contributed by atoms with Gasteiger partial charge in [0.05, 0.1) is 16.5 Å². The highest BCUT2D eigenvalue weighted by molar-refractivity contribution is 7.89. The zero-order valence-electron chi connectivity index (χ0n) is 19.8. The van der Waals surface area contributed by atoms with Gasteiger partial charge in [0.2, 0.25) is 15.9 Å². The van der Waals surface area contributed by atoms with Crippen LogP contribution in [0, 0.1) is 12.8 Å². The van der Waals surface area contributed by atoms with Gasteiger partial charge < -0.3 is 15.4 Å². The standard InChI is InChI=1S/C25H31N3O5S/c1-4-17-9-6-7-11-19(17)26-24(29)18-10-8-12-28(15-18)34(31,32)23-14-22-20(13-16(23)3)27-25(30)21(5-2)33-22/h6-7,9,11,13-14,18,21H,4-5,8,10,12,15H2,1-3H3,(H,26,29)(H,27,30). The van der Waals surface area contributed by atoms with Gasteiger partial charge in [0, 0.05) is 24.8 Å². The van der Waals surface area contributed by atoms with E-state index in [1.165, 1.54) is 10.4 Å². The minimum Gasteiger partial charge on any atom is -0.478 e. The molecule has 182 valence electrons. The molecule has 0 aliphatic carbocycles. The van der Waals surface area contributed by atoms with E-state index in [0.717, 1.165) is 17.7 Å². The average Bonchev–Trinajstić information content (AvgIpc) is 2.83. The molecule has 2 unspecified atom stereocenters. The molecule has 9 heteroatoms. The Balaban J connectivity index is 1.55. The molecule has 2 aromatic carbocycles. The maximum Gasteiger partial charge on any atom is 0.265 e. The molecule has 8 nitrogen and oxygen atoms in total. The first-order valence-electron chi connectivity index (χ1n) is 11.8. The molecule has 4 rings (SSSR count). The lowest BCUT2D eigenvalue weighted by molar-refractivity contribution is -0.123. The Morgan fingerprint density at radius 3 is 2.74 bits per heavy atom. The number of fused-ring (bicyclic) bond motifs is 1. The lowest BCUT2D eigenvalue weighted by Gasteiger charge is -2.32. The Morgan fingerprint density at radius 2 is 2.00 bits per heavy atom. The summed E-state index contributed by atoms with van der Waals surface area (Å²) in [7, 11) is -3.86. The molecule has 2 heterocycles. The number of benzene rings is 2. The van der Waals surface area contributed by atoms with Crippen LogP contribution in [-0.2, 0) is 26.0 Å². The highest BCUT2D eigenvalue weighted by atomic mass is 32.2. The molecule has 0 radical (unpaired) electrons. The van der Waals surface area contributed by atoms with E-state index in [4.69, 9.17) is 4.74 Å². The molecular formula is C25H31N3O5S. The number of carbonyl (C=O) groups is 2. The number of hydrogen-bond donors (Lipinski definition) is 2. The van der Waals surface area contributed by atoms with E-state index in [0.29, 0.717) is 42.8 Å². The number of amides is 2. The number of nitrogens with zero attached hydrogens (tertiary/aromatic N) is 1. The van der Waals surface area contributed by atoms with E-state index < -0.39 is 22.0 Å². The fourth-order valence-electron chi connectivity index (χ4n) is 4.53. The van der Waals surface area contributed by atoms with Gasteiger partial charge in [0.15, 0.2) is 6.10 Å². The smallest absolute Gasteiger partial charge is 0.265 e. The van der Waals surface area contributed by atoms with E-state index in [-0.39, 0.29) is 23.3 Å². The fourth-order valence-corrected chi connectivity index (χ4v) is 6.28. The van der Waals surface area contributed by atoms with Crippen molar-refractivity contribution in [3.05, 3.63) is 47.5 Å². The van der Waals surface area contributed by atoms with Crippen molar-refractivity contribution in [1.29, 1.82) is 0 Å². The van der Waals surface area contributed by atoms with Crippen molar-refractivity contribution in [3.8, 4) is 5.75 Å². The maximum absolute atomic E-state index is 13.6. The van der Waals surface area contributed by atoms with Gasteiger partial charge in [-0.15, -0.1) is 0 Å². The van der Waals surface area contributed by atoms with Crippen LogP contribution in [0.4, 0.5) is 11.4 Å². The summed E-state index contributed by atoms with van der Waals surface area (Å²) < 4.78 is 34.3. The Bertz CT molecular complexity index is 1210. The van der Waals surface area contributed by atoms with E-state index in [9.17, 15) is 18.0 Å². The third kappa shape index (κ3) is 4.67. The lowest BCUT2D eigenvalue weighted by Crippen LogP contribution is -2.44. The summed E-state index contributed by atoms with van der Waals surface area (Å²) in [4.78, 5) is 25.2. The minimum atomic E-state index is -3.86. The predicted octanol–water partition coefficient (Wildman–Crippen LogP) is 3.71. The quantitative estimate of drug-likeness (QED) is 0.649. The number of aryl methyl sites for hydroxylation is 2. The highest BCUT2D eigenvalue weighted by Crippen LogP contribution is 2.36. The van der Waals surface area contributed by atoms with Crippen LogP contribution in [0.2, 0.25) is 0 Å². The van der Waals surface area contributed by atoms with Gasteiger partial charge >= 0.3 is 0 Å². The van der Waals surface area contributed by atoms with Gasteiger partial charge in [0.1, 0.15) is 5.75 Å². The van der Waals surface area contributed by atoms with Gasteiger partial charge in [-0.3, -0.25) is 9.59 Å². The summed E-state index contributed by atoms with van der Waals surface area (Å²) in [6.45, 7) is 6.02. The topological polar surface area (TPSA) is 105 Å². The summed E-state index contributed by atoms with van der Waals surface area (Å²) >= 11 is 0. The van der Waals surface area contributed by atoms with Gasteiger partial charge in [0.25, 0.3) is 5.91 Å². The summed E-state index contributed by atoms with van der Waals surface area (Å²) in [5, 5.41) is 5.78. The van der Waals surface area contributed by atoms with Crippen molar-refractivity contribution < 1.29 is 22.7 Å². The number of hydrogen-bond acceptors (Lipinski definition) is 5. The van der Waals surface area contributed by atoms with Crippen LogP contribution in [0.5, 0.6) is 5.75 Å². The predicted molar refractivity (Wildman–Crippen MR) is 130 cm³/mol. The van der Waals surface area contributed by atoms with Gasteiger partial charge in [-0.25, -0.2) is 8.42 Å². The number of anilines is 2. The number of para-hydroxylation sites is 1. The Kier molecular flexibility index (Phi) is 6.95. The van der Waals surface area contributed by atoms with Crippen LogP contribution in [-0.4, -0.2) is 43.7 Å². The van der Waals surface area contributed by atoms with Gasteiger partial charge in [-0.05, 0) is 55.9 Å². The van der Waals surface area contributed by atoms with Crippen LogP contribution < -0.4 is 15.4 Å². The molecular weight excluding hydrogens is 454 g/mol. The van der Waals surface area contributed by atoms with Gasteiger partial charge in [-0.2, -0.15) is 4.31 Å². The molecule has 0 saturated carbocycles. The van der Waals surface area contributed by atoms with E-state index in [1.807, 2.05) is 38.1 Å². The highest BCUT2D eigenvalue weighted by Gasteiger charge is 2.36. The monoisotopic (exact) mass is 485 g/mol. The number of ether oxygens (including phenoxy) is 1. The third-order valence-electron chi connectivity index (χ3n) is 6.50. The second-order valence-corrected chi connectivity index (χ2v) is 10.7. The molecule has 0 bridgehead atoms. The average molecular weight is 486 g/mol. The molecule has 0 aromatic heterocycles. The first-order chi connectivity index (χ1) is 16.2. The zero-order valence-corrected chi connectivity index (χ0v) is 20.6. The first kappa shape index (κ1) is 24.2. The van der Waals surface area contributed by atoms with Crippen molar-refractivity contribution >= 4 is 33.2 Å². The number of rotatable bonds is 6. The molecule has 34 heavy (non-hydrogen) atoms. The normalized spacial score (nSPS) is 20.7. The van der Waals surface area contributed by atoms with Crippen LogP contribution in [0.3, 0.4) is 0 Å². The van der Waals surface area contributed by atoms with Crippen molar-refractivity contribution in [2.24, 2.45) is 5.92 Å². The maximum atomic E-state index is 13.6. The second-order valence-electron chi connectivity index (χ2n) is 8.82. The summed E-state index contributed by atoms with van der Waals surface area (Å²) in [5.74, 6) is -0.496. The van der Waals surface area contributed by atoms with Crippen molar-refractivity contribution in [1.82, 2.24) is 4.31 Å². The SMILES string of the molecule is CCc1ccccc1NC(=O)C1CCCN(S(=O)(=O)c2cc3c(cc2C)NC(=O)C(CC)O3)C1. The molecule has 2 N–H and O–H groups in total. The molecule has 2 atom stereocenters. The number of piperidine rings is 1. The molecule has 2 aliphatic rings. The minimum absolute atomic E-state index is 0.119. The Hall–Kier alpha value is -2.91. The second kappa shape index (κ2) is 9.76. The third-order valence-corrected chi connectivity index (χ3v) is 8.50. The van der Waals surface area contributed by atoms with E-state index >= 15 is 0 Å². The Morgan fingerprint density at radius 1 is 1.24 bits per heavy atom. The van der Waals surface area contributed by atoms with Crippen LogP contribution >= 0.6 is 0 Å². The van der Waals surface area contributed by atoms with Gasteiger partial charge in [-0.1, -0.05) is 32.0 Å². The summed E-state index contributed by atoms with van der Waals surface area (Å²) in [6.07, 6.45) is 1.84. The molecule has 2 amide bonds. The molecule has 1 fully saturated rings. The van der Waals surface area contributed by atoms with Crippen molar-refractivity contribution in [2.45, 2.75) is 57.5 Å². The van der Waals surface area contributed by atoms with Crippen LogP contribution in [0.1, 0.15) is 44.2 Å². The van der Waals surface area contributed by atoms with E-state index in [1.54, 1.807) is 13.0 Å². The van der Waals surface area contributed by atoms with Crippen molar-refractivity contribution in [2.75, 3.05) is 23.7 Å². The molecule has 2 aromatic rings. The largest absolute Gasteiger partial charge is 0.478 e. The van der Waals surface area contributed by atoms with Crippen LogP contribution in [0.15, 0.2) is 41.3 Å². The molecule has 2 aliphatic heterocycles. The first-order valence-corrected chi connectivity index (χ1v) is 13.2. The Labute approximate surface area is 200 Å². The zero-order chi connectivity index (χ0) is 24.5. The number of sulfonamides is 1. The van der Waals surface area contributed by atoms with Crippen LogP contribution in [0.25, 0.3) is 0 Å². The molecule has 1 saturated heterocycles. The fraction of sp³-hybridized carbons (Fsp3) is 0.440. The molecule has 0 spiro atoms. The number of nitrogens with one attached hydrogen (secondary N) is 2.